The molecule has 5 aliphatic rings. The molecule has 0 spiro atoms. The molecule has 206 valence electrons. The Hall–Kier alpha value is -1.56. The van der Waals surface area contributed by atoms with E-state index in [1.54, 1.807) is 6.07 Å². The Bertz CT molecular complexity index is 1310. The molecule has 2 heterocycles. The van der Waals surface area contributed by atoms with E-state index >= 15 is 0 Å². The molecule has 3 aromatic rings. The van der Waals surface area contributed by atoms with Crippen molar-refractivity contribution in [2.75, 3.05) is 32.7 Å². The molecule has 8 rings (SSSR count). The number of hydrogen-bond acceptors (Lipinski definition) is 3. The summed E-state index contributed by atoms with van der Waals surface area (Å²) in [5.74, 6) is 4.05. The highest BCUT2D eigenvalue weighted by molar-refractivity contribution is 6.35. The average Bonchev–Trinajstić information content (AvgIpc) is 3.23. The molecule has 0 N–H and O–H groups in total. The summed E-state index contributed by atoms with van der Waals surface area (Å²) in [7, 11) is 0. The van der Waals surface area contributed by atoms with Gasteiger partial charge >= 0.3 is 0 Å². The van der Waals surface area contributed by atoms with E-state index in [9.17, 15) is 0 Å². The van der Waals surface area contributed by atoms with Gasteiger partial charge in [0.15, 0.2) is 0 Å². The zero-order chi connectivity index (χ0) is 26.7. The quantitative estimate of drug-likeness (QED) is 0.296. The van der Waals surface area contributed by atoms with Crippen LogP contribution in [0.15, 0.2) is 42.5 Å². The van der Waals surface area contributed by atoms with Gasteiger partial charge in [-0.1, -0.05) is 46.9 Å². The van der Waals surface area contributed by atoms with E-state index < -0.39 is 0 Å². The Kier molecular flexibility index (Phi) is 7.22. The van der Waals surface area contributed by atoms with Gasteiger partial charge in [0.2, 0.25) is 0 Å². The van der Waals surface area contributed by atoms with E-state index in [0.717, 1.165) is 83.4 Å². The van der Waals surface area contributed by atoms with Crippen molar-refractivity contribution in [1.29, 1.82) is 0 Å². The summed E-state index contributed by atoms with van der Waals surface area (Å²) >= 11 is 19.1. The second-order valence-corrected chi connectivity index (χ2v) is 13.8. The summed E-state index contributed by atoms with van der Waals surface area (Å²) in [5, 5.41) is 7.04. The lowest BCUT2D eigenvalue weighted by Crippen LogP contribution is -2.60. The average molecular weight is 584 g/mol. The number of benzene rings is 2. The van der Waals surface area contributed by atoms with E-state index in [0.29, 0.717) is 10.0 Å². The zero-order valence-electron chi connectivity index (χ0n) is 22.6. The zero-order valence-corrected chi connectivity index (χ0v) is 24.9. The number of aromatic nitrogens is 2. The lowest BCUT2D eigenvalue weighted by Gasteiger charge is -2.58. The van der Waals surface area contributed by atoms with Gasteiger partial charge in [0.1, 0.15) is 0 Å². The van der Waals surface area contributed by atoms with Gasteiger partial charge in [0, 0.05) is 60.8 Å². The van der Waals surface area contributed by atoms with Crippen molar-refractivity contribution in [3.8, 4) is 16.9 Å². The first kappa shape index (κ1) is 26.3. The second-order valence-electron chi connectivity index (χ2n) is 12.5. The van der Waals surface area contributed by atoms with Gasteiger partial charge in [0.05, 0.1) is 22.1 Å². The molecular formula is C32H37Cl3N4. The molecule has 7 heteroatoms. The van der Waals surface area contributed by atoms with Gasteiger partial charge in [-0.2, -0.15) is 5.10 Å². The van der Waals surface area contributed by atoms with Crippen LogP contribution in [0.4, 0.5) is 0 Å². The molecule has 4 aliphatic carbocycles. The minimum absolute atomic E-state index is 0.590. The summed E-state index contributed by atoms with van der Waals surface area (Å²) in [6, 6.07) is 14.4. The number of hydrogen-bond donors (Lipinski definition) is 0. The first-order valence-corrected chi connectivity index (χ1v) is 15.8. The highest BCUT2D eigenvalue weighted by atomic mass is 35.5. The summed E-state index contributed by atoms with van der Waals surface area (Å²) < 4.78 is 1.98. The van der Waals surface area contributed by atoms with Crippen LogP contribution in [0.5, 0.6) is 0 Å². The SMILES string of the molecule is Cc1c(CCN2CCN(C3C4CC5CC(C4)CC3C5)CC2)nn(-c2ccc(Cl)cc2Cl)c1-c1ccc(Cl)cc1. The van der Waals surface area contributed by atoms with Crippen molar-refractivity contribution >= 4 is 34.8 Å². The fourth-order valence-electron chi connectivity index (χ4n) is 8.59. The van der Waals surface area contributed by atoms with E-state index in [2.05, 4.69) is 28.9 Å². The monoisotopic (exact) mass is 582 g/mol. The van der Waals surface area contributed by atoms with Crippen LogP contribution in [0.2, 0.25) is 15.1 Å². The molecule has 1 aliphatic heterocycles. The number of rotatable bonds is 6. The topological polar surface area (TPSA) is 24.3 Å². The standard InChI is InChI=1S/C32H37Cl3N4/c1-20-29(36-39(30-7-6-27(34)19-28(30)35)31(20)23-2-4-26(33)5-3-23)8-9-37-10-12-38(13-11-37)32-24-15-21-14-22(17-24)18-25(32)16-21/h2-7,19,21-22,24-25,32H,8-18H2,1H3. The van der Waals surface area contributed by atoms with E-state index in [-0.39, 0.29) is 0 Å². The smallest absolute Gasteiger partial charge is 0.0840 e. The lowest BCUT2D eigenvalue weighted by atomic mass is 9.54. The van der Waals surface area contributed by atoms with Crippen LogP contribution in [-0.4, -0.2) is 58.3 Å². The number of nitrogens with zero attached hydrogens (tertiary/aromatic N) is 4. The maximum atomic E-state index is 6.65. The third kappa shape index (κ3) is 5.06. The summed E-state index contributed by atoms with van der Waals surface area (Å²) in [6.45, 7) is 7.97. The highest BCUT2D eigenvalue weighted by Crippen LogP contribution is 2.55. The molecule has 0 radical (unpaired) electrons. The first-order chi connectivity index (χ1) is 18.9. The van der Waals surface area contributed by atoms with Crippen LogP contribution >= 0.6 is 34.8 Å². The Balaban J connectivity index is 1.06. The Morgan fingerprint density at radius 2 is 1.44 bits per heavy atom. The molecular weight excluding hydrogens is 547 g/mol. The minimum Gasteiger partial charge on any atom is -0.300 e. The fourth-order valence-corrected chi connectivity index (χ4v) is 9.21. The van der Waals surface area contributed by atoms with Gasteiger partial charge in [-0.3, -0.25) is 4.90 Å². The Morgan fingerprint density at radius 1 is 0.795 bits per heavy atom. The fraction of sp³-hybridized carbons (Fsp3) is 0.531. The molecule has 4 bridgehead atoms. The van der Waals surface area contributed by atoms with Crippen LogP contribution in [-0.2, 0) is 6.42 Å². The van der Waals surface area contributed by atoms with Crippen molar-refractivity contribution in [3.05, 3.63) is 68.8 Å². The van der Waals surface area contributed by atoms with Crippen LogP contribution in [0, 0.1) is 30.6 Å². The second kappa shape index (κ2) is 10.7. The number of piperazine rings is 1. The predicted octanol–water partition coefficient (Wildman–Crippen LogP) is 7.79. The van der Waals surface area contributed by atoms with Gasteiger partial charge in [-0.15, -0.1) is 0 Å². The van der Waals surface area contributed by atoms with Crippen molar-refractivity contribution in [1.82, 2.24) is 19.6 Å². The maximum Gasteiger partial charge on any atom is 0.0840 e. The van der Waals surface area contributed by atoms with Crippen LogP contribution in [0.3, 0.4) is 0 Å². The number of halogens is 3. The van der Waals surface area contributed by atoms with E-state index in [4.69, 9.17) is 39.9 Å². The molecule has 1 aromatic heterocycles. The highest BCUT2D eigenvalue weighted by Gasteiger charge is 2.50. The molecule has 0 amide bonds. The van der Waals surface area contributed by atoms with Crippen molar-refractivity contribution < 1.29 is 0 Å². The van der Waals surface area contributed by atoms with E-state index in [1.165, 1.54) is 50.8 Å². The molecule has 4 saturated carbocycles. The summed E-state index contributed by atoms with van der Waals surface area (Å²) in [4.78, 5) is 5.52. The minimum atomic E-state index is 0.590. The van der Waals surface area contributed by atoms with Crippen LogP contribution < -0.4 is 0 Å². The van der Waals surface area contributed by atoms with Gasteiger partial charge in [0.25, 0.3) is 0 Å². The molecule has 2 aromatic carbocycles. The van der Waals surface area contributed by atoms with Gasteiger partial charge < -0.3 is 4.90 Å². The largest absolute Gasteiger partial charge is 0.300 e. The molecule has 0 atom stereocenters. The Labute approximate surface area is 247 Å². The Morgan fingerprint density at radius 3 is 2.08 bits per heavy atom. The predicted molar refractivity (Wildman–Crippen MR) is 161 cm³/mol. The molecule has 1 saturated heterocycles. The third-order valence-corrected chi connectivity index (χ3v) is 10.9. The molecule has 4 nitrogen and oxygen atoms in total. The third-order valence-electron chi connectivity index (χ3n) is 10.1. The maximum absolute atomic E-state index is 6.65. The molecule has 0 unspecified atom stereocenters. The van der Waals surface area contributed by atoms with Gasteiger partial charge in [-0.05, 0) is 98.6 Å². The van der Waals surface area contributed by atoms with Crippen molar-refractivity contribution in [2.45, 2.75) is 51.5 Å². The lowest BCUT2D eigenvalue weighted by molar-refractivity contribution is -0.0763. The van der Waals surface area contributed by atoms with Crippen molar-refractivity contribution in [2.24, 2.45) is 23.7 Å². The van der Waals surface area contributed by atoms with E-state index in [1.807, 2.05) is 28.9 Å². The summed E-state index contributed by atoms with van der Waals surface area (Å²) in [6.07, 6.45) is 8.48. The normalized spacial score (nSPS) is 28.9. The molecule has 39 heavy (non-hydrogen) atoms. The first-order valence-electron chi connectivity index (χ1n) is 14.7. The summed E-state index contributed by atoms with van der Waals surface area (Å²) in [5.41, 5.74) is 5.28. The molecule has 5 fully saturated rings. The van der Waals surface area contributed by atoms with Crippen molar-refractivity contribution in [3.63, 3.8) is 0 Å². The van der Waals surface area contributed by atoms with Gasteiger partial charge in [-0.25, -0.2) is 4.68 Å². The van der Waals surface area contributed by atoms with Crippen LogP contribution in [0.25, 0.3) is 16.9 Å². The van der Waals surface area contributed by atoms with Crippen LogP contribution in [0.1, 0.15) is 43.4 Å².